The number of hydrazine groups is 1. The van der Waals surface area contributed by atoms with Crippen molar-refractivity contribution in [1.29, 1.82) is 5.26 Å². The van der Waals surface area contributed by atoms with Crippen molar-refractivity contribution >= 4 is 17.4 Å². The third kappa shape index (κ3) is 6.40. The summed E-state index contributed by atoms with van der Waals surface area (Å²) < 4.78 is 31.7. The summed E-state index contributed by atoms with van der Waals surface area (Å²) in [6.07, 6.45) is -4.18. The van der Waals surface area contributed by atoms with Crippen LogP contribution in [0.5, 0.6) is 0 Å². The zero-order valence-electron chi connectivity index (χ0n) is 13.1. The van der Waals surface area contributed by atoms with Gasteiger partial charge in [0, 0.05) is 31.6 Å². The lowest BCUT2D eigenvalue weighted by Gasteiger charge is -2.19. The van der Waals surface area contributed by atoms with Gasteiger partial charge in [-0.1, -0.05) is 18.2 Å². The Morgan fingerprint density at radius 2 is 1.96 bits per heavy atom. The monoisotopic (exact) mass is 358 g/mol. The second-order valence-corrected chi connectivity index (χ2v) is 5.09. The van der Waals surface area contributed by atoms with Crippen LogP contribution in [-0.2, 0) is 9.59 Å². The van der Waals surface area contributed by atoms with Gasteiger partial charge in [-0.2, -0.15) is 18.4 Å². The minimum absolute atomic E-state index is 0.00786. The molecular weight excluding hydrogens is 341 g/mol. The Morgan fingerprint density at radius 1 is 1.36 bits per heavy atom. The van der Waals surface area contributed by atoms with Gasteiger partial charge in [0.2, 0.25) is 0 Å². The van der Waals surface area contributed by atoms with E-state index in [0.717, 1.165) is 5.69 Å². The van der Waals surface area contributed by atoms with E-state index in [2.05, 4.69) is 22.2 Å². The van der Waals surface area contributed by atoms with Crippen molar-refractivity contribution in [3.63, 3.8) is 0 Å². The van der Waals surface area contributed by atoms with Gasteiger partial charge in [0.25, 0.3) is 0 Å². The number of nitriles is 1. The maximum absolute atomic E-state index is 11.7. The molecule has 0 radical (unpaired) electrons. The molecule has 0 aliphatic carbocycles. The van der Waals surface area contributed by atoms with Crippen LogP contribution in [0.2, 0.25) is 0 Å². The summed E-state index contributed by atoms with van der Waals surface area (Å²) in [4.78, 5) is 20.6. The SMILES string of the molecule is N#CC1(CCNNc2ccccc2)NCCC1=O.O=C(O)C(F)(F)F. The third-order valence-corrected chi connectivity index (χ3v) is 3.32. The molecule has 1 aliphatic rings. The highest BCUT2D eigenvalue weighted by atomic mass is 19.4. The van der Waals surface area contributed by atoms with E-state index in [9.17, 15) is 18.0 Å². The number of halogens is 3. The minimum Gasteiger partial charge on any atom is -0.475 e. The van der Waals surface area contributed by atoms with Gasteiger partial charge in [0.1, 0.15) is 0 Å². The molecule has 1 aromatic rings. The number of carbonyl (C=O) groups excluding carboxylic acids is 1. The molecule has 0 saturated carbocycles. The number of Topliss-reactive ketones (excluding diaryl/α,β-unsaturated/α-hetero) is 1. The molecule has 25 heavy (non-hydrogen) atoms. The van der Waals surface area contributed by atoms with E-state index in [1.165, 1.54) is 0 Å². The van der Waals surface area contributed by atoms with Gasteiger partial charge in [-0.15, -0.1) is 0 Å². The Hall–Kier alpha value is -2.64. The molecule has 1 fully saturated rings. The van der Waals surface area contributed by atoms with Crippen molar-refractivity contribution in [3.8, 4) is 6.07 Å². The molecule has 1 aliphatic heterocycles. The summed E-state index contributed by atoms with van der Waals surface area (Å²) in [7, 11) is 0. The number of hydrogen-bond donors (Lipinski definition) is 4. The van der Waals surface area contributed by atoms with Crippen LogP contribution in [0.15, 0.2) is 30.3 Å². The number of alkyl halides is 3. The van der Waals surface area contributed by atoms with E-state index in [1.54, 1.807) is 0 Å². The summed E-state index contributed by atoms with van der Waals surface area (Å²) >= 11 is 0. The van der Waals surface area contributed by atoms with Crippen molar-refractivity contribution in [2.75, 3.05) is 18.5 Å². The molecule has 1 aromatic carbocycles. The highest BCUT2D eigenvalue weighted by molar-refractivity contribution is 5.93. The van der Waals surface area contributed by atoms with E-state index < -0.39 is 17.7 Å². The van der Waals surface area contributed by atoms with Crippen LogP contribution >= 0.6 is 0 Å². The predicted octanol–water partition coefficient (Wildman–Crippen LogP) is 1.45. The first-order chi connectivity index (χ1) is 11.7. The lowest BCUT2D eigenvalue weighted by Crippen LogP contribution is -2.46. The third-order valence-electron chi connectivity index (χ3n) is 3.32. The predicted molar refractivity (Wildman–Crippen MR) is 82.3 cm³/mol. The van der Waals surface area contributed by atoms with Gasteiger partial charge in [-0.05, 0) is 12.1 Å². The number of carboxylic acid groups (broad SMARTS) is 1. The summed E-state index contributed by atoms with van der Waals surface area (Å²) in [5.74, 6) is -2.76. The van der Waals surface area contributed by atoms with Crippen molar-refractivity contribution in [1.82, 2.24) is 10.7 Å². The highest BCUT2D eigenvalue weighted by Crippen LogP contribution is 2.18. The molecule has 0 amide bonds. The number of rotatable bonds is 5. The molecule has 0 spiro atoms. The lowest BCUT2D eigenvalue weighted by molar-refractivity contribution is -0.192. The van der Waals surface area contributed by atoms with Crippen LogP contribution in [0.1, 0.15) is 12.8 Å². The van der Waals surface area contributed by atoms with Crippen molar-refractivity contribution in [2.45, 2.75) is 24.6 Å². The van der Waals surface area contributed by atoms with Gasteiger partial charge in [0.15, 0.2) is 11.3 Å². The number of para-hydroxylation sites is 1. The zero-order chi connectivity index (χ0) is 18.9. The zero-order valence-corrected chi connectivity index (χ0v) is 13.1. The first-order valence-corrected chi connectivity index (χ1v) is 7.25. The number of ketones is 1. The average Bonchev–Trinajstić information content (AvgIpc) is 2.93. The largest absolute Gasteiger partial charge is 0.490 e. The molecule has 7 nitrogen and oxygen atoms in total. The first kappa shape index (κ1) is 20.4. The summed E-state index contributed by atoms with van der Waals surface area (Å²) in [6.45, 7) is 1.14. The lowest BCUT2D eigenvalue weighted by atomic mass is 9.94. The molecule has 4 N–H and O–H groups in total. The first-order valence-electron chi connectivity index (χ1n) is 7.25. The number of benzene rings is 1. The smallest absolute Gasteiger partial charge is 0.475 e. The Balaban J connectivity index is 0.000000381. The average molecular weight is 358 g/mol. The number of nitrogens with zero attached hydrogens (tertiary/aromatic N) is 1. The Morgan fingerprint density at radius 3 is 2.40 bits per heavy atom. The minimum atomic E-state index is -5.08. The normalized spacial score (nSPS) is 19.5. The Kier molecular flexibility index (Phi) is 7.35. The number of nitrogens with one attached hydrogen (secondary N) is 3. The molecule has 1 heterocycles. The quantitative estimate of drug-likeness (QED) is 0.465. The molecule has 1 unspecified atom stereocenters. The van der Waals surface area contributed by atoms with E-state index in [-0.39, 0.29) is 5.78 Å². The van der Waals surface area contributed by atoms with Crippen molar-refractivity contribution in [2.24, 2.45) is 0 Å². The molecule has 1 atom stereocenters. The fourth-order valence-corrected chi connectivity index (χ4v) is 2.02. The van der Waals surface area contributed by atoms with E-state index in [4.69, 9.17) is 15.2 Å². The molecule has 0 bridgehead atoms. The molecule has 136 valence electrons. The standard InChI is InChI=1S/C13H16N4O.C2HF3O2/c14-10-13(12(18)6-8-15-13)7-9-16-17-11-4-2-1-3-5-11;3-2(4,5)1(6)7/h1-5,15-17H,6-9H2;(H,6,7). The molecule has 1 saturated heterocycles. The van der Waals surface area contributed by atoms with E-state index >= 15 is 0 Å². The number of aliphatic carboxylic acids is 1. The maximum Gasteiger partial charge on any atom is 0.490 e. The number of carbonyl (C=O) groups is 2. The van der Waals surface area contributed by atoms with Crippen LogP contribution in [0.3, 0.4) is 0 Å². The van der Waals surface area contributed by atoms with Crippen LogP contribution in [0.4, 0.5) is 18.9 Å². The molecule has 0 aromatic heterocycles. The number of carboxylic acids is 1. The van der Waals surface area contributed by atoms with Crippen LogP contribution in [0.25, 0.3) is 0 Å². The summed E-state index contributed by atoms with van der Waals surface area (Å²) in [5.41, 5.74) is 6.00. The second kappa shape index (κ2) is 9.00. The van der Waals surface area contributed by atoms with Crippen LogP contribution in [-0.4, -0.2) is 41.7 Å². The molecule has 10 heteroatoms. The topological polar surface area (TPSA) is 114 Å². The van der Waals surface area contributed by atoms with Crippen LogP contribution in [0, 0.1) is 11.3 Å². The van der Waals surface area contributed by atoms with E-state index in [1.807, 2.05) is 30.3 Å². The van der Waals surface area contributed by atoms with Gasteiger partial charge in [-0.25, -0.2) is 10.2 Å². The van der Waals surface area contributed by atoms with E-state index in [0.29, 0.717) is 25.9 Å². The summed E-state index contributed by atoms with van der Waals surface area (Å²) in [5, 5.41) is 19.2. The number of anilines is 1. The number of hydrogen-bond acceptors (Lipinski definition) is 6. The Bertz CT molecular complexity index is 631. The fraction of sp³-hybridized carbons (Fsp3) is 0.400. The van der Waals surface area contributed by atoms with Crippen molar-refractivity contribution < 1.29 is 27.9 Å². The van der Waals surface area contributed by atoms with Crippen LogP contribution < -0.4 is 16.2 Å². The fourth-order valence-electron chi connectivity index (χ4n) is 2.02. The van der Waals surface area contributed by atoms with Gasteiger partial charge in [-0.3, -0.25) is 10.1 Å². The van der Waals surface area contributed by atoms with Gasteiger partial charge in [0.05, 0.1) is 6.07 Å². The van der Waals surface area contributed by atoms with Crippen molar-refractivity contribution in [3.05, 3.63) is 30.3 Å². The highest BCUT2D eigenvalue weighted by Gasteiger charge is 2.41. The maximum atomic E-state index is 11.7. The Labute approximate surface area is 141 Å². The summed E-state index contributed by atoms with van der Waals surface area (Å²) in [6, 6.07) is 11.8. The second-order valence-electron chi connectivity index (χ2n) is 5.09. The van der Waals surface area contributed by atoms with Gasteiger partial charge < -0.3 is 10.5 Å². The van der Waals surface area contributed by atoms with Gasteiger partial charge >= 0.3 is 12.1 Å². The molecule has 2 rings (SSSR count). The molecular formula is C15H17F3N4O3.